The highest BCUT2D eigenvalue weighted by Gasteiger charge is 2.50. The van der Waals surface area contributed by atoms with Gasteiger partial charge in [0.1, 0.15) is 35.7 Å². The number of hydrogen-bond acceptors (Lipinski definition) is 12. The lowest BCUT2D eigenvalue weighted by Gasteiger charge is -2.39. The SMILES string of the molecule is CC(CCCCCCCCC/C=C/CC(O)CCCC(O)CCCCCO[C@@H]1O[C@H](CO)[C@@H](O)[C@H](O)[C@@H]1O)CC(C)C(O)=C1C(=O)[C@@H]2C[C@@H](O)CN2C1=O. The third-order valence-corrected chi connectivity index (χ3v) is 11.3. The molecule has 3 aliphatic heterocycles. The van der Waals surface area contributed by atoms with E-state index in [0.717, 1.165) is 51.4 Å². The van der Waals surface area contributed by atoms with Crippen LogP contribution in [0.2, 0.25) is 0 Å². The van der Waals surface area contributed by atoms with Gasteiger partial charge >= 0.3 is 0 Å². The number of Topliss-reactive ketones (excluding diaryl/α,β-unsaturated/α-hetero) is 1. The van der Waals surface area contributed by atoms with Crippen molar-refractivity contribution in [3.8, 4) is 0 Å². The van der Waals surface area contributed by atoms with Crippen LogP contribution in [0.4, 0.5) is 0 Å². The van der Waals surface area contributed by atoms with Crippen LogP contribution in [0.1, 0.15) is 136 Å². The standard InChI is InChI=1S/C41H71NO12/c1-27(23-28(2)35(47)34-36(48)32-24-31(46)25-42(32)40(34)52)17-12-9-7-5-3-4-6-8-10-13-18-29(44)20-16-21-30(45)19-14-11-15-22-53-41-39(51)38(50)37(49)33(26-43)54-41/h10,13,27-33,37-39,41,43-47,49-51H,3-9,11-12,14-26H2,1-2H3/b13-10+,35-34?/t27?,28?,29?,30?,31-,32+,33-,37-,38+,39+,41-/m1/s1. The van der Waals surface area contributed by atoms with Gasteiger partial charge < -0.3 is 55.2 Å². The summed E-state index contributed by atoms with van der Waals surface area (Å²) in [7, 11) is 0. The lowest BCUT2D eigenvalue weighted by Crippen LogP contribution is -2.59. The minimum atomic E-state index is -1.45. The molecule has 0 saturated carbocycles. The highest BCUT2D eigenvalue weighted by atomic mass is 16.7. The van der Waals surface area contributed by atoms with Crippen LogP contribution in [0.5, 0.6) is 0 Å². The predicted octanol–water partition coefficient (Wildman–Crippen LogP) is 3.73. The van der Waals surface area contributed by atoms with Gasteiger partial charge in [-0.25, -0.2) is 0 Å². The number of rotatable bonds is 27. The van der Waals surface area contributed by atoms with E-state index in [9.17, 15) is 50.4 Å². The second kappa shape index (κ2) is 24.6. The smallest absolute Gasteiger partial charge is 0.261 e. The minimum Gasteiger partial charge on any atom is -0.511 e. The molecule has 0 spiro atoms. The molecule has 0 bridgehead atoms. The molecule has 3 heterocycles. The van der Waals surface area contributed by atoms with Gasteiger partial charge in [0.05, 0.1) is 31.0 Å². The minimum absolute atomic E-state index is 0.0740. The maximum Gasteiger partial charge on any atom is 0.261 e. The van der Waals surface area contributed by atoms with Crippen LogP contribution < -0.4 is 0 Å². The van der Waals surface area contributed by atoms with Gasteiger partial charge in [0, 0.05) is 25.5 Å². The molecule has 13 heteroatoms. The first-order chi connectivity index (χ1) is 25.8. The van der Waals surface area contributed by atoms with Crippen molar-refractivity contribution in [3.63, 3.8) is 0 Å². The van der Waals surface area contributed by atoms with E-state index in [1.165, 1.54) is 37.0 Å². The van der Waals surface area contributed by atoms with E-state index >= 15 is 0 Å². The number of nitrogens with zero attached hydrogens (tertiary/aromatic N) is 1. The first-order valence-electron chi connectivity index (χ1n) is 20.7. The van der Waals surface area contributed by atoms with Gasteiger partial charge in [0.15, 0.2) is 12.1 Å². The van der Waals surface area contributed by atoms with Crippen molar-refractivity contribution in [2.45, 2.75) is 191 Å². The molecule has 0 aromatic carbocycles. The zero-order valence-corrected chi connectivity index (χ0v) is 32.7. The molecule has 0 aromatic heterocycles. The monoisotopic (exact) mass is 769 g/mol. The summed E-state index contributed by atoms with van der Waals surface area (Å²) in [5.41, 5.74) is -0.0740. The predicted molar refractivity (Wildman–Crippen MR) is 203 cm³/mol. The Morgan fingerprint density at radius 2 is 1.44 bits per heavy atom. The van der Waals surface area contributed by atoms with Crippen molar-refractivity contribution >= 4 is 11.7 Å². The van der Waals surface area contributed by atoms with E-state index in [-0.39, 0.29) is 42.6 Å². The Balaban J connectivity index is 1.09. The van der Waals surface area contributed by atoms with Crippen LogP contribution in [-0.2, 0) is 19.1 Å². The van der Waals surface area contributed by atoms with E-state index in [0.29, 0.717) is 38.0 Å². The lowest BCUT2D eigenvalue weighted by atomic mass is 9.89. The fourth-order valence-electron chi connectivity index (χ4n) is 7.94. The molecule has 4 unspecified atom stereocenters. The maximum atomic E-state index is 12.7. The Morgan fingerprint density at radius 3 is 2.15 bits per heavy atom. The number of carbonyl (C=O) groups is 2. The van der Waals surface area contributed by atoms with Gasteiger partial charge in [-0.2, -0.15) is 0 Å². The molecule has 0 radical (unpaired) electrons. The molecule has 3 saturated heterocycles. The summed E-state index contributed by atoms with van der Waals surface area (Å²) in [6.07, 6.45) is 13.2. The number of ketones is 1. The zero-order chi connectivity index (χ0) is 39.6. The summed E-state index contributed by atoms with van der Waals surface area (Å²) in [5, 5.41) is 80.0. The molecule has 11 atom stereocenters. The average Bonchev–Trinajstić information content (AvgIpc) is 3.64. The Labute approximate surface area is 322 Å². The van der Waals surface area contributed by atoms with Crippen molar-refractivity contribution in [1.82, 2.24) is 4.90 Å². The molecule has 3 aliphatic rings. The van der Waals surface area contributed by atoms with E-state index in [1.807, 2.05) is 6.92 Å². The zero-order valence-electron chi connectivity index (χ0n) is 32.7. The normalized spacial score (nSPS) is 29.2. The molecule has 54 heavy (non-hydrogen) atoms. The summed E-state index contributed by atoms with van der Waals surface area (Å²) in [6.45, 7) is 3.97. The highest BCUT2D eigenvalue weighted by Crippen LogP contribution is 2.34. The van der Waals surface area contributed by atoms with Crippen LogP contribution in [0.15, 0.2) is 23.5 Å². The largest absolute Gasteiger partial charge is 0.511 e. The third-order valence-electron chi connectivity index (χ3n) is 11.3. The molecule has 8 N–H and O–H groups in total. The molecular formula is C41H71NO12. The van der Waals surface area contributed by atoms with Crippen LogP contribution >= 0.6 is 0 Å². The number of aliphatic hydroxyl groups is 8. The second-order valence-corrected chi connectivity index (χ2v) is 16.1. The molecule has 312 valence electrons. The summed E-state index contributed by atoms with van der Waals surface area (Å²) < 4.78 is 10.8. The third kappa shape index (κ3) is 14.9. The topological polar surface area (TPSA) is 218 Å². The molecule has 13 nitrogen and oxygen atoms in total. The summed E-state index contributed by atoms with van der Waals surface area (Å²) >= 11 is 0. The van der Waals surface area contributed by atoms with E-state index in [4.69, 9.17) is 9.47 Å². The van der Waals surface area contributed by atoms with E-state index in [2.05, 4.69) is 19.1 Å². The van der Waals surface area contributed by atoms with Crippen molar-refractivity contribution in [3.05, 3.63) is 23.5 Å². The number of hydrogen-bond donors (Lipinski definition) is 8. The number of allylic oxidation sites excluding steroid dienone is 2. The van der Waals surface area contributed by atoms with Crippen molar-refractivity contribution in [2.75, 3.05) is 19.8 Å². The number of carbonyl (C=O) groups excluding carboxylic acids is 2. The Bertz CT molecular complexity index is 1140. The van der Waals surface area contributed by atoms with Gasteiger partial charge in [-0.15, -0.1) is 0 Å². The van der Waals surface area contributed by atoms with Crippen LogP contribution in [0.25, 0.3) is 0 Å². The molecule has 1 amide bonds. The summed E-state index contributed by atoms with van der Waals surface area (Å²) in [5.74, 6) is -0.769. The molecular weight excluding hydrogens is 698 g/mol. The number of fused-ring (bicyclic) bond motifs is 1. The van der Waals surface area contributed by atoms with Gasteiger partial charge in [-0.1, -0.05) is 83.8 Å². The fourth-order valence-corrected chi connectivity index (χ4v) is 7.94. The molecule has 0 aromatic rings. The van der Waals surface area contributed by atoms with Crippen molar-refractivity contribution in [1.29, 1.82) is 0 Å². The maximum absolute atomic E-state index is 12.7. The lowest BCUT2D eigenvalue weighted by molar-refractivity contribution is -0.301. The number of amides is 1. The average molecular weight is 770 g/mol. The van der Waals surface area contributed by atoms with Gasteiger partial charge in [0.25, 0.3) is 5.91 Å². The van der Waals surface area contributed by atoms with Crippen molar-refractivity contribution < 1.29 is 59.9 Å². The molecule has 0 aliphatic carbocycles. The van der Waals surface area contributed by atoms with Gasteiger partial charge in [-0.3, -0.25) is 9.59 Å². The number of aliphatic hydroxyl groups excluding tert-OH is 8. The summed E-state index contributed by atoms with van der Waals surface area (Å²) in [4.78, 5) is 26.8. The number of ether oxygens (including phenoxy) is 2. The Kier molecular flexibility index (Phi) is 21.2. The number of unbranched alkanes of at least 4 members (excludes halogenated alkanes) is 9. The first-order valence-corrected chi connectivity index (χ1v) is 20.7. The van der Waals surface area contributed by atoms with Gasteiger partial charge in [0.2, 0.25) is 0 Å². The quantitative estimate of drug-likeness (QED) is 0.0197. The first kappa shape index (κ1) is 46.4. The fraction of sp³-hybridized carbons (Fsp3) is 0.854. The van der Waals surface area contributed by atoms with E-state index < -0.39 is 67.6 Å². The summed E-state index contributed by atoms with van der Waals surface area (Å²) in [6, 6.07) is -0.625. The van der Waals surface area contributed by atoms with Crippen molar-refractivity contribution in [2.24, 2.45) is 11.8 Å². The molecule has 3 rings (SSSR count). The highest BCUT2D eigenvalue weighted by molar-refractivity contribution is 6.27. The van der Waals surface area contributed by atoms with Crippen LogP contribution in [-0.4, -0.2) is 132 Å². The second-order valence-electron chi connectivity index (χ2n) is 16.1. The van der Waals surface area contributed by atoms with Gasteiger partial charge in [-0.05, 0) is 63.7 Å². The molecule has 3 fully saturated rings. The van der Waals surface area contributed by atoms with E-state index in [1.54, 1.807) is 0 Å². The Hall–Kier alpha value is -1.94. The van der Waals surface area contributed by atoms with Crippen LogP contribution in [0, 0.1) is 11.8 Å². The Morgan fingerprint density at radius 1 is 0.815 bits per heavy atom. The van der Waals surface area contributed by atoms with Crippen LogP contribution in [0.3, 0.4) is 0 Å².